The lowest BCUT2D eigenvalue weighted by atomic mass is 9.86. The molecule has 0 saturated carbocycles. The minimum atomic E-state index is -1.04. The van der Waals surface area contributed by atoms with E-state index in [1.165, 1.54) is 4.90 Å². The predicted octanol–water partition coefficient (Wildman–Crippen LogP) is 1.37. The monoisotopic (exact) mass is 525 g/mol. The molecule has 6 N–H and O–H groups in total. The van der Waals surface area contributed by atoms with E-state index in [-0.39, 0.29) is 56.0 Å². The normalized spacial score (nSPS) is 19.0. The number of carbonyl (C=O) groups excluding carboxylic acids is 3. The second-order valence-electron chi connectivity index (χ2n) is 11.6. The highest BCUT2D eigenvalue weighted by Crippen LogP contribution is 2.28. The second kappa shape index (κ2) is 11.8. The molecule has 1 fully saturated rings. The summed E-state index contributed by atoms with van der Waals surface area (Å²) in [4.78, 5) is 40.4. The summed E-state index contributed by atoms with van der Waals surface area (Å²) in [7, 11) is 0. The second-order valence-corrected chi connectivity index (χ2v) is 11.6. The van der Waals surface area contributed by atoms with Crippen LogP contribution in [0.4, 0.5) is 14.5 Å². The van der Waals surface area contributed by atoms with Crippen LogP contribution in [-0.2, 0) is 14.4 Å². The molecular weight excluding hydrogens is 484 g/mol. The Balaban J connectivity index is 2.04. The maximum Gasteiger partial charge on any atom is 0.241 e. The molecule has 3 atom stereocenters. The Morgan fingerprint density at radius 2 is 1.76 bits per heavy atom. The summed E-state index contributed by atoms with van der Waals surface area (Å²) in [5, 5.41) is 13.6. The number of halogens is 2. The van der Waals surface area contributed by atoms with E-state index in [1.807, 2.05) is 32.6 Å². The number of aliphatic hydroxyl groups is 1. The van der Waals surface area contributed by atoms with Gasteiger partial charge >= 0.3 is 0 Å². The Labute approximate surface area is 217 Å². The Morgan fingerprint density at radius 1 is 1.19 bits per heavy atom. The number of rotatable bonds is 11. The zero-order chi connectivity index (χ0) is 28.3. The van der Waals surface area contributed by atoms with Gasteiger partial charge < -0.3 is 26.8 Å². The zero-order valence-electron chi connectivity index (χ0n) is 22.6. The van der Waals surface area contributed by atoms with Gasteiger partial charge in [0.05, 0.1) is 18.1 Å². The van der Waals surface area contributed by atoms with Gasteiger partial charge in [0.1, 0.15) is 11.6 Å². The number of amides is 3. The van der Waals surface area contributed by atoms with Gasteiger partial charge in [0.2, 0.25) is 17.7 Å². The maximum atomic E-state index is 13.7. The van der Waals surface area contributed by atoms with Crippen molar-refractivity contribution < 1.29 is 28.3 Å². The van der Waals surface area contributed by atoms with Gasteiger partial charge in [-0.15, -0.1) is 0 Å². The van der Waals surface area contributed by atoms with E-state index in [0.29, 0.717) is 0 Å². The van der Waals surface area contributed by atoms with E-state index < -0.39 is 46.6 Å². The van der Waals surface area contributed by atoms with Crippen LogP contribution < -0.4 is 21.7 Å². The molecule has 1 aliphatic rings. The molecule has 11 heteroatoms. The van der Waals surface area contributed by atoms with Gasteiger partial charge in [-0.2, -0.15) is 0 Å². The average molecular weight is 526 g/mol. The summed E-state index contributed by atoms with van der Waals surface area (Å²) in [6.45, 7) is 11.1. The minimum Gasteiger partial charge on any atom is -0.391 e. The Kier molecular flexibility index (Phi) is 9.78. The van der Waals surface area contributed by atoms with Gasteiger partial charge in [0.25, 0.3) is 0 Å². The van der Waals surface area contributed by atoms with Crippen molar-refractivity contribution in [3.8, 4) is 0 Å². The van der Waals surface area contributed by atoms with Crippen LogP contribution in [0, 0.1) is 28.9 Å². The molecular formula is C26H41F2N5O4. The molecule has 0 unspecified atom stereocenters. The Bertz CT molecular complexity index is 981. The van der Waals surface area contributed by atoms with Crippen molar-refractivity contribution in [3.63, 3.8) is 0 Å². The third-order valence-electron chi connectivity index (χ3n) is 7.12. The fraction of sp³-hybridized carbons (Fsp3) is 0.654. The number of primary amides is 1. The molecule has 1 aliphatic heterocycles. The van der Waals surface area contributed by atoms with E-state index in [2.05, 4.69) is 5.32 Å². The van der Waals surface area contributed by atoms with E-state index in [9.17, 15) is 28.3 Å². The molecule has 0 radical (unpaired) electrons. The number of carbonyl (C=O) groups is 3. The van der Waals surface area contributed by atoms with Crippen molar-refractivity contribution in [1.29, 1.82) is 0 Å². The summed E-state index contributed by atoms with van der Waals surface area (Å²) < 4.78 is 27.4. The van der Waals surface area contributed by atoms with Gasteiger partial charge in [-0.25, -0.2) is 8.78 Å². The SMILES string of the molecule is CC(C)[C@H](C[C@H](O)[C@@H](N)CN1CC(=O)N(c2cc(F)cc(F)c2)CC1(C)C)C(=O)NCC(C)(C)C(N)=O. The number of nitrogens with zero attached hydrogens (tertiary/aromatic N) is 2. The van der Waals surface area contributed by atoms with E-state index in [1.54, 1.807) is 13.8 Å². The fourth-order valence-electron chi connectivity index (χ4n) is 4.30. The molecule has 1 saturated heterocycles. The molecule has 0 aliphatic carbocycles. The summed E-state index contributed by atoms with van der Waals surface area (Å²) in [6, 6.07) is 2.22. The first-order valence-electron chi connectivity index (χ1n) is 12.5. The summed E-state index contributed by atoms with van der Waals surface area (Å²) in [5.41, 5.74) is 10.3. The van der Waals surface area contributed by atoms with Crippen molar-refractivity contribution in [2.24, 2.45) is 28.7 Å². The Morgan fingerprint density at radius 3 is 2.27 bits per heavy atom. The lowest BCUT2D eigenvalue weighted by Gasteiger charge is -2.47. The molecule has 0 bridgehead atoms. The molecule has 0 aromatic heterocycles. The number of hydrogen-bond acceptors (Lipinski definition) is 6. The first-order valence-corrected chi connectivity index (χ1v) is 12.5. The van der Waals surface area contributed by atoms with Crippen LogP contribution in [0.5, 0.6) is 0 Å². The standard InChI is InChI=1S/C26H41F2N5O4/c1-15(2)19(23(36)31-13-25(3,4)24(30)37)10-21(34)20(29)11-32-12-22(35)33(14-26(32,5)6)18-8-16(27)7-17(28)9-18/h7-9,15,19-21,34H,10-14,29H2,1-6H3,(H2,30,37)(H,31,36)/t19-,20-,21-/m0/s1. The molecule has 208 valence electrons. The van der Waals surface area contributed by atoms with Crippen molar-refractivity contribution in [3.05, 3.63) is 29.8 Å². The van der Waals surface area contributed by atoms with Gasteiger partial charge in [-0.3, -0.25) is 19.3 Å². The van der Waals surface area contributed by atoms with Gasteiger partial charge in [0.15, 0.2) is 0 Å². The number of benzene rings is 1. The van der Waals surface area contributed by atoms with Crippen molar-refractivity contribution in [2.75, 3.05) is 31.1 Å². The maximum absolute atomic E-state index is 13.7. The lowest BCUT2D eigenvalue weighted by molar-refractivity contribution is -0.130. The van der Waals surface area contributed by atoms with E-state index >= 15 is 0 Å². The third-order valence-corrected chi connectivity index (χ3v) is 7.12. The van der Waals surface area contributed by atoms with Crippen LogP contribution in [0.25, 0.3) is 0 Å². The van der Waals surface area contributed by atoms with Gasteiger partial charge in [-0.05, 0) is 52.2 Å². The van der Waals surface area contributed by atoms with Crippen LogP contribution in [0.1, 0.15) is 48.0 Å². The van der Waals surface area contributed by atoms with Crippen LogP contribution in [0.2, 0.25) is 0 Å². The van der Waals surface area contributed by atoms with E-state index in [0.717, 1.165) is 18.2 Å². The highest BCUT2D eigenvalue weighted by atomic mass is 19.1. The zero-order valence-corrected chi connectivity index (χ0v) is 22.6. The van der Waals surface area contributed by atoms with Crippen molar-refractivity contribution in [1.82, 2.24) is 10.2 Å². The summed E-state index contributed by atoms with van der Waals surface area (Å²) in [5.74, 6) is -3.38. The van der Waals surface area contributed by atoms with Gasteiger partial charge in [-0.1, -0.05) is 13.8 Å². The van der Waals surface area contributed by atoms with Crippen LogP contribution in [-0.4, -0.2) is 71.6 Å². The van der Waals surface area contributed by atoms with Gasteiger partial charge in [0, 0.05) is 48.9 Å². The first kappa shape index (κ1) is 30.6. The Hall–Kier alpha value is -2.63. The van der Waals surface area contributed by atoms with Crippen LogP contribution in [0.15, 0.2) is 18.2 Å². The summed E-state index contributed by atoms with van der Waals surface area (Å²) in [6.07, 6.45) is -0.943. The summed E-state index contributed by atoms with van der Waals surface area (Å²) >= 11 is 0. The number of piperazine rings is 1. The number of nitrogens with one attached hydrogen (secondary N) is 1. The average Bonchev–Trinajstić information content (AvgIpc) is 2.76. The number of anilines is 1. The number of nitrogens with two attached hydrogens (primary N) is 2. The van der Waals surface area contributed by atoms with Crippen molar-refractivity contribution >= 4 is 23.4 Å². The van der Waals surface area contributed by atoms with Crippen LogP contribution >= 0.6 is 0 Å². The lowest BCUT2D eigenvalue weighted by Crippen LogP contribution is -2.64. The third kappa shape index (κ3) is 7.93. The molecule has 1 heterocycles. The molecule has 3 amide bonds. The fourth-order valence-corrected chi connectivity index (χ4v) is 4.30. The highest BCUT2D eigenvalue weighted by molar-refractivity contribution is 5.96. The number of hydrogen-bond donors (Lipinski definition) is 4. The molecule has 1 aromatic rings. The molecule has 37 heavy (non-hydrogen) atoms. The molecule has 0 spiro atoms. The quantitative estimate of drug-likeness (QED) is 0.344. The minimum absolute atomic E-state index is 0.0537. The first-order chi connectivity index (χ1) is 16.9. The highest BCUT2D eigenvalue weighted by Gasteiger charge is 2.40. The number of aliphatic hydroxyl groups excluding tert-OH is 1. The smallest absolute Gasteiger partial charge is 0.241 e. The molecule has 2 rings (SSSR count). The van der Waals surface area contributed by atoms with E-state index in [4.69, 9.17) is 11.5 Å². The molecule has 1 aromatic carbocycles. The largest absolute Gasteiger partial charge is 0.391 e. The topological polar surface area (TPSA) is 142 Å². The van der Waals surface area contributed by atoms with Crippen LogP contribution in [0.3, 0.4) is 0 Å². The molecule has 9 nitrogen and oxygen atoms in total. The predicted molar refractivity (Wildman–Crippen MR) is 137 cm³/mol. The van der Waals surface area contributed by atoms with Crippen molar-refractivity contribution in [2.45, 2.75) is 65.6 Å².